The topological polar surface area (TPSA) is 411 Å². The maximum atomic E-state index is 14.3. The Morgan fingerprint density at radius 1 is 0.600 bits per heavy atom. The van der Waals surface area contributed by atoms with Crippen molar-refractivity contribution in [2.24, 2.45) is 17.4 Å². The highest BCUT2D eigenvalue weighted by Crippen LogP contribution is 2.25. The summed E-state index contributed by atoms with van der Waals surface area (Å²) < 4.78 is 10.9. The van der Waals surface area contributed by atoms with Crippen molar-refractivity contribution in [2.75, 3.05) is 59.2 Å². The molecule has 26 nitrogen and oxygen atoms in total. The molecule has 0 bridgehead atoms. The summed E-state index contributed by atoms with van der Waals surface area (Å²) >= 11 is 0. The molecule has 0 radical (unpaired) electrons. The van der Waals surface area contributed by atoms with Gasteiger partial charge in [-0.05, 0) is 61.8 Å². The summed E-state index contributed by atoms with van der Waals surface area (Å²) in [4.78, 5) is 110. The molecule has 18 N–H and O–H groups in total. The van der Waals surface area contributed by atoms with Crippen molar-refractivity contribution in [1.82, 2.24) is 58.2 Å². The summed E-state index contributed by atoms with van der Waals surface area (Å²) in [6, 6.07) is 6.87. The Morgan fingerprint density at radius 2 is 1.15 bits per heavy atom. The van der Waals surface area contributed by atoms with Crippen LogP contribution in [0.3, 0.4) is 0 Å². The number of amides is 8. The zero-order chi connectivity index (χ0) is 55.3. The number of aromatic nitrogens is 1. The Balaban J connectivity index is 1.76. The summed E-state index contributed by atoms with van der Waals surface area (Å²) in [5.74, 6) is -5.75. The van der Waals surface area contributed by atoms with Crippen LogP contribution < -0.4 is 64.6 Å². The molecular weight excluding hydrogens is 975 g/mol. The minimum atomic E-state index is -1.36. The number of carbonyl (C=O) groups is 8. The van der Waals surface area contributed by atoms with E-state index in [0.717, 1.165) is 0 Å². The van der Waals surface area contributed by atoms with Gasteiger partial charge in [0.1, 0.15) is 36.0 Å². The number of carbonyl (C=O) groups excluding carboxylic acids is 8. The van der Waals surface area contributed by atoms with Gasteiger partial charge in [-0.25, -0.2) is 0 Å². The first-order valence-corrected chi connectivity index (χ1v) is 24.7. The highest BCUT2D eigenvalue weighted by molar-refractivity contribution is 5.98. The lowest BCUT2D eigenvalue weighted by Crippen LogP contribution is -2.57. The van der Waals surface area contributed by atoms with Crippen molar-refractivity contribution < 1.29 is 52.9 Å². The molecule has 26 heteroatoms. The molecule has 1 heterocycles. The predicted molar refractivity (Wildman–Crippen MR) is 278 cm³/mol. The third-order valence-electron chi connectivity index (χ3n) is 11.1. The van der Waals surface area contributed by atoms with Gasteiger partial charge in [0.05, 0.1) is 33.0 Å². The second-order valence-electron chi connectivity index (χ2n) is 17.9. The van der Waals surface area contributed by atoms with Crippen molar-refractivity contribution in [3.8, 4) is 5.75 Å². The standard InChI is InChI=1S/C49H75N15O11/c1-29(2)25-39(44(70)55-20-22-75-24-23-74-21-19-54-30(3)65)63-45(71)38(12-8-18-57-49(52)53)61-41(68)28-59-43(69)37(11-7-17-56-48(50)51)62-46(72)40(26-32-13-15-33(67)16-14-32)64-47(73)42(60-31(4)66)35-27-58-36-10-6-5-9-34(35)36/h5-6,9-10,13-16,27,29,37-40,42,58,67H,7-8,11-12,17-26,28H2,1-4H3,(H,54,65)(H,55,70)(H,59,69)(H,60,66)(H,61,68)(H,62,72)(H,63,71)(H,64,73)(H4,50,51,56)(H4,52,53,57)/t37-,38-,39-,40-,42?/m0/s1. The van der Waals surface area contributed by atoms with Crippen LogP contribution in [0.4, 0.5) is 0 Å². The number of fused-ring (bicyclic) bond motifs is 1. The van der Waals surface area contributed by atoms with Crippen molar-refractivity contribution in [3.05, 3.63) is 65.9 Å². The average Bonchev–Trinajstić information content (AvgIpc) is 3.78. The van der Waals surface area contributed by atoms with E-state index in [1.54, 1.807) is 42.6 Å². The lowest BCUT2D eigenvalue weighted by atomic mass is 10.0. The summed E-state index contributed by atoms with van der Waals surface area (Å²) in [5, 5.41) is 52.2. The molecule has 3 rings (SSSR count). The van der Waals surface area contributed by atoms with Crippen molar-refractivity contribution >= 4 is 70.1 Å². The number of aromatic amines is 1. The number of guanidine groups is 2. The fraction of sp³-hybridized carbons (Fsp3) is 0.510. The first-order chi connectivity index (χ1) is 35.7. The lowest BCUT2D eigenvalue weighted by Gasteiger charge is -2.26. The number of para-hydroxylation sites is 1. The van der Waals surface area contributed by atoms with E-state index >= 15 is 0 Å². The highest BCUT2D eigenvalue weighted by atomic mass is 16.5. The van der Waals surface area contributed by atoms with E-state index in [4.69, 9.17) is 31.8 Å². The van der Waals surface area contributed by atoms with E-state index in [9.17, 15) is 43.5 Å². The number of rotatable bonds is 34. The van der Waals surface area contributed by atoms with Gasteiger partial charge < -0.3 is 84.2 Å². The zero-order valence-electron chi connectivity index (χ0n) is 43.0. The first-order valence-electron chi connectivity index (χ1n) is 24.7. The molecule has 5 atom stereocenters. The van der Waals surface area contributed by atoms with Gasteiger partial charge in [-0.1, -0.05) is 44.2 Å². The third-order valence-corrected chi connectivity index (χ3v) is 11.1. The first kappa shape index (κ1) is 61.3. The van der Waals surface area contributed by atoms with Crippen LogP contribution in [0, 0.1) is 16.7 Å². The summed E-state index contributed by atoms with van der Waals surface area (Å²) in [7, 11) is 0. The van der Waals surface area contributed by atoms with Gasteiger partial charge in [0.2, 0.25) is 47.3 Å². The number of nitrogens with one attached hydrogen (secondary N) is 13. The summed E-state index contributed by atoms with van der Waals surface area (Å²) in [5.41, 5.74) is 12.5. The van der Waals surface area contributed by atoms with Crippen LogP contribution in [-0.4, -0.2) is 153 Å². The zero-order valence-corrected chi connectivity index (χ0v) is 43.0. The molecule has 0 aliphatic rings. The number of H-pyrrole nitrogens is 1. The van der Waals surface area contributed by atoms with Crippen molar-refractivity contribution in [2.45, 2.75) is 96.4 Å². The maximum Gasteiger partial charge on any atom is 0.247 e. The molecule has 0 aliphatic carbocycles. The van der Waals surface area contributed by atoms with Crippen LogP contribution in [0.25, 0.3) is 10.9 Å². The van der Waals surface area contributed by atoms with Crippen LogP contribution in [0.15, 0.2) is 54.7 Å². The predicted octanol–water partition coefficient (Wildman–Crippen LogP) is -1.79. The second-order valence-corrected chi connectivity index (χ2v) is 17.9. The quantitative estimate of drug-likeness (QED) is 0.0178. The van der Waals surface area contributed by atoms with E-state index in [0.29, 0.717) is 35.2 Å². The average molecular weight is 1050 g/mol. The number of phenols is 1. The number of hydrogen-bond acceptors (Lipinski definition) is 13. The molecule has 412 valence electrons. The number of nitrogens with two attached hydrogens (primary N) is 2. The van der Waals surface area contributed by atoms with Gasteiger partial charge in [-0.3, -0.25) is 49.2 Å². The van der Waals surface area contributed by atoms with Gasteiger partial charge >= 0.3 is 0 Å². The summed E-state index contributed by atoms with van der Waals surface area (Å²) in [6.07, 6.45) is 2.13. The normalized spacial score (nSPS) is 12.9. The molecule has 75 heavy (non-hydrogen) atoms. The number of hydrogen-bond donors (Lipinski definition) is 16. The Kier molecular flexibility index (Phi) is 26.9. The van der Waals surface area contributed by atoms with E-state index in [-0.39, 0.29) is 107 Å². The molecule has 8 amide bonds. The maximum absolute atomic E-state index is 14.3. The smallest absolute Gasteiger partial charge is 0.247 e. The Morgan fingerprint density at radius 3 is 1.73 bits per heavy atom. The van der Waals surface area contributed by atoms with Crippen molar-refractivity contribution in [3.63, 3.8) is 0 Å². The molecule has 0 saturated heterocycles. The molecule has 1 unspecified atom stereocenters. The van der Waals surface area contributed by atoms with Gasteiger partial charge in [0, 0.05) is 69.1 Å². The van der Waals surface area contributed by atoms with Crippen LogP contribution in [0.2, 0.25) is 0 Å². The molecule has 0 spiro atoms. The van der Waals surface area contributed by atoms with Crippen LogP contribution >= 0.6 is 0 Å². The monoisotopic (exact) mass is 1050 g/mol. The number of aromatic hydroxyl groups is 1. The molecule has 0 fully saturated rings. The Labute approximate surface area is 435 Å². The lowest BCUT2D eigenvalue weighted by molar-refractivity contribution is -0.134. The second kappa shape index (κ2) is 32.9. The van der Waals surface area contributed by atoms with Gasteiger partial charge in [0.25, 0.3) is 0 Å². The SMILES string of the molecule is CC(=O)NCCOCCOCCNC(=O)[C@H](CC(C)C)NC(=O)[C@H](CCCNC(=N)N)NC(=O)CNC(=O)[C@H](CCCNC(=N)N)NC(=O)[C@H](Cc1ccc(O)cc1)NC(=O)C(NC(C)=O)c1c[nH]c2ccccc12. The molecule has 0 aliphatic heterocycles. The largest absolute Gasteiger partial charge is 0.508 e. The van der Waals surface area contributed by atoms with Crippen LogP contribution in [-0.2, 0) is 54.3 Å². The third kappa shape index (κ3) is 24.1. The van der Waals surface area contributed by atoms with Gasteiger partial charge in [-0.15, -0.1) is 0 Å². The molecule has 2 aromatic carbocycles. The van der Waals surface area contributed by atoms with Gasteiger partial charge in [0.15, 0.2) is 11.9 Å². The Hall–Kier alpha value is -8.00. The van der Waals surface area contributed by atoms with Crippen molar-refractivity contribution in [1.29, 1.82) is 10.8 Å². The Bertz CT molecular complexity index is 2380. The van der Waals surface area contributed by atoms with E-state index in [2.05, 4.69) is 58.2 Å². The highest BCUT2D eigenvalue weighted by Gasteiger charge is 2.32. The fourth-order valence-electron chi connectivity index (χ4n) is 7.52. The summed E-state index contributed by atoms with van der Waals surface area (Å²) in [6.45, 7) is 7.50. The number of benzene rings is 2. The van der Waals surface area contributed by atoms with E-state index in [1.165, 1.54) is 26.0 Å². The van der Waals surface area contributed by atoms with Crippen LogP contribution in [0.5, 0.6) is 5.75 Å². The van der Waals surface area contributed by atoms with Crippen LogP contribution in [0.1, 0.15) is 77.0 Å². The van der Waals surface area contributed by atoms with E-state index in [1.807, 2.05) is 13.8 Å². The van der Waals surface area contributed by atoms with Gasteiger partial charge in [-0.2, -0.15) is 0 Å². The fourth-order valence-corrected chi connectivity index (χ4v) is 7.52. The van der Waals surface area contributed by atoms with E-state index < -0.39 is 78.1 Å². The molecule has 0 saturated carbocycles. The number of ether oxygens (including phenoxy) is 2. The molecule has 1 aromatic heterocycles. The number of phenolic OH excluding ortho intramolecular Hbond substituents is 1. The minimum Gasteiger partial charge on any atom is -0.508 e. The molecular formula is C49H75N15O11. The molecule has 3 aromatic rings. The minimum absolute atomic E-state index is 0.0294.